The number of hydrogen-bond donors (Lipinski definition) is 2. The van der Waals surface area contributed by atoms with Crippen molar-refractivity contribution >= 4 is 39.2 Å². The molecule has 182 valence electrons. The van der Waals surface area contributed by atoms with Gasteiger partial charge in [0.25, 0.3) is 0 Å². The SMILES string of the molecule is Nc1nc(COC(=O)CCNC(=O)C23CC4CC(CC(C4)C2)C3)nc2sc3c(c12)CCCCC3. The van der Waals surface area contributed by atoms with Crippen LogP contribution in [-0.2, 0) is 33.8 Å². The van der Waals surface area contributed by atoms with E-state index in [0.717, 1.165) is 60.1 Å². The lowest BCUT2D eigenvalue weighted by Crippen LogP contribution is -2.53. The highest BCUT2D eigenvalue weighted by molar-refractivity contribution is 7.19. The lowest BCUT2D eigenvalue weighted by Gasteiger charge is -2.55. The van der Waals surface area contributed by atoms with Crippen LogP contribution in [0.4, 0.5) is 5.82 Å². The van der Waals surface area contributed by atoms with E-state index in [4.69, 9.17) is 10.5 Å². The number of nitrogens with one attached hydrogen (secondary N) is 1. The average molecular weight is 483 g/mol. The maximum Gasteiger partial charge on any atom is 0.308 e. The van der Waals surface area contributed by atoms with Crippen molar-refractivity contribution in [3.05, 3.63) is 16.3 Å². The average Bonchev–Trinajstić information content (AvgIpc) is 2.98. The number of ether oxygens (including phenoxy) is 1. The molecule has 7 rings (SSSR count). The Bertz CT molecular complexity index is 1090. The topological polar surface area (TPSA) is 107 Å². The summed E-state index contributed by atoms with van der Waals surface area (Å²) in [6.45, 7) is 0.323. The lowest BCUT2D eigenvalue weighted by atomic mass is 9.49. The van der Waals surface area contributed by atoms with Crippen LogP contribution < -0.4 is 11.1 Å². The van der Waals surface area contributed by atoms with Gasteiger partial charge >= 0.3 is 5.97 Å². The molecule has 0 aromatic carbocycles. The molecule has 2 aromatic rings. The predicted octanol–water partition coefficient (Wildman–Crippen LogP) is 4.31. The highest BCUT2D eigenvalue weighted by atomic mass is 32.1. The third-order valence-electron chi connectivity index (χ3n) is 8.64. The summed E-state index contributed by atoms with van der Waals surface area (Å²) in [5.74, 6) is 2.90. The number of hydrogen-bond acceptors (Lipinski definition) is 7. The number of nitrogens with zero attached hydrogens (tertiary/aromatic N) is 2. The first-order valence-corrected chi connectivity index (χ1v) is 13.8. The van der Waals surface area contributed by atoms with Crippen molar-refractivity contribution in [2.75, 3.05) is 12.3 Å². The Morgan fingerprint density at radius 2 is 1.74 bits per heavy atom. The molecule has 7 nitrogen and oxygen atoms in total. The van der Waals surface area contributed by atoms with Crippen LogP contribution in [0.2, 0.25) is 0 Å². The van der Waals surface area contributed by atoms with Crippen LogP contribution in [-0.4, -0.2) is 28.4 Å². The highest BCUT2D eigenvalue weighted by Gasteiger charge is 2.54. The van der Waals surface area contributed by atoms with Crippen LogP contribution in [0.5, 0.6) is 0 Å². The van der Waals surface area contributed by atoms with E-state index in [0.29, 0.717) is 18.2 Å². The molecule has 4 bridgehead atoms. The second kappa shape index (κ2) is 8.77. The van der Waals surface area contributed by atoms with Gasteiger partial charge in [-0.25, -0.2) is 9.97 Å². The van der Waals surface area contributed by atoms with Crippen molar-refractivity contribution in [1.29, 1.82) is 0 Å². The van der Waals surface area contributed by atoms with Crippen molar-refractivity contribution in [1.82, 2.24) is 15.3 Å². The Balaban J connectivity index is 1.02. The first-order valence-electron chi connectivity index (χ1n) is 13.0. The van der Waals surface area contributed by atoms with E-state index < -0.39 is 0 Å². The number of nitrogens with two attached hydrogens (primary N) is 1. The molecule has 3 N–H and O–H groups in total. The Morgan fingerprint density at radius 1 is 1.03 bits per heavy atom. The standard InChI is InChI=1S/C26H34N4O3S/c27-23-22-18-4-2-1-3-5-19(18)34-24(22)30-20(29-23)14-33-21(31)6-7-28-25(32)26-11-15-8-16(12-26)10-17(9-15)13-26/h15-17H,1-14H2,(H,28,32)(H2,27,29,30). The minimum absolute atomic E-state index is 0.00443. The van der Waals surface area contributed by atoms with Crippen molar-refractivity contribution in [3.63, 3.8) is 0 Å². The van der Waals surface area contributed by atoms with Gasteiger partial charge < -0.3 is 15.8 Å². The molecule has 34 heavy (non-hydrogen) atoms. The molecule has 2 aromatic heterocycles. The minimum atomic E-state index is -0.352. The van der Waals surface area contributed by atoms with Gasteiger partial charge in [-0.3, -0.25) is 9.59 Å². The van der Waals surface area contributed by atoms with Gasteiger partial charge in [0.15, 0.2) is 12.4 Å². The molecule has 0 radical (unpaired) electrons. The number of fused-ring (bicyclic) bond motifs is 3. The van der Waals surface area contributed by atoms with Crippen LogP contribution in [0.25, 0.3) is 10.2 Å². The highest BCUT2D eigenvalue weighted by Crippen LogP contribution is 2.60. The van der Waals surface area contributed by atoms with E-state index in [1.807, 2.05) is 0 Å². The van der Waals surface area contributed by atoms with Crippen LogP contribution in [0.3, 0.4) is 0 Å². The first kappa shape index (κ1) is 22.3. The van der Waals surface area contributed by atoms with Crippen molar-refractivity contribution in [2.45, 2.75) is 83.7 Å². The van der Waals surface area contributed by atoms with Gasteiger partial charge in [0.05, 0.1) is 11.8 Å². The maximum absolute atomic E-state index is 13.0. The van der Waals surface area contributed by atoms with Gasteiger partial charge in [0.1, 0.15) is 10.6 Å². The summed E-state index contributed by atoms with van der Waals surface area (Å²) in [4.78, 5) is 36.7. The monoisotopic (exact) mass is 482 g/mol. The van der Waals surface area contributed by atoms with E-state index in [-0.39, 0.29) is 30.3 Å². The zero-order valence-corrected chi connectivity index (χ0v) is 20.6. The van der Waals surface area contributed by atoms with Crippen LogP contribution in [0, 0.1) is 23.2 Å². The number of aromatic nitrogens is 2. The van der Waals surface area contributed by atoms with Gasteiger partial charge in [0, 0.05) is 16.8 Å². The van der Waals surface area contributed by atoms with Crippen LogP contribution in [0.1, 0.15) is 80.5 Å². The number of thiophene rings is 1. The molecule has 5 aliphatic rings. The third kappa shape index (κ3) is 4.08. The van der Waals surface area contributed by atoms with Crippen molar-refractivity contribution in [2.24, 2.45) is 23.2 Å². The summed E-state index contributed by atoms with van der Waals surface area (Å²) in [5, 5.41) is 4.04. The smallest absolute Gasteiger partial charge is 0.308 e. The van der Waals surface area contributed by atoms with Gasteiger partial charge in [0.2, 0.25) is 5.91 Å². The molecular weight excluding hydrogens is 448 g/mol. The number of carbonyl (C=O) groups excluding carboxylic acids is 2. The van der Waals surface area contributed by atoms with E-state index in [1.54, 1.807) is 11.3 Å². The van der Waals surface area contributed by atoms with Crippen LogP contribution >= 0.6 is 11.3 Å². The molecule has 0 unspecified atom stereocenters. The molecular formula is C26H34N4O3S. The summed E-state index contributed by atoms with van der Waals surface area (Å²) in [7, 11) is 0. The molecule has 4 fully saturated rings. The molecule has 4 saturated carbocycles. The zero-order valence-electron chi connectivity index (χ0n) is 19.7. The first-order chi connectivity index (χ1) is 16.5. The fourth-order valence-corrected chi connectivity index (χ4v) is 8.83. The summed E-state index contributed by atoms with van der Waals surface area (Å²) in [6, 6.07) is 0. The predicted molar refractivity (Wildman–Crippen MR) is 131 cm³/mol. The molecule has 2 heterocycles. The number of amides is 1. The second-order valence-corrected chi connectivity index (χ2v) is 12.2. The summed E-state index contributed by atoms with van der Waals surface area (Å²) in [5.41, 5.74) is 7.42. The van der Waals surface area contributed by atoms with Gasteiger partial charge in [-0.15, -0.1) is 11.3 Å². The molecule has 0 saturated heterocycles. The van der Waals surface area contributed by atoms with Gasteiger partial charge in [-0.05, 0) is 87.5 Å². The molecule has 5 aliphatic carbocycles. The molecule has 1 amide bonds. The molecule has 0 atom stereocenters. The van der Waals surface area contributed by atoms with E-state index in [2.05, 4.69) is 15.3 Å². The lowest BCUT2D eigenvalue weighted by molar-refractivity contribution is -0.147. The zero-order chi connectivity index (χ0) is 23.3. The van der Waals surface area contributed by atoms with E-state index >= 15 is 0 Å². The molecule has 8 heteroatoms. The number of rotatable bonds is 6. The number of esters is 1. The summed E-state index contributed by atoms with van der Waals surface area (Å²) in [6.07, 6.45) is 12.9. The molecule has 0 aliphatic heterocycles. The molecule has 0 spiro atoms. The number of carbonyl (C=O) groups is 2. The largest absolute Gasteiger partial charge is 0.457 e. The number of aryl methyl sites for hydroxylation is 2. The van der Waals surface area contributed by atoms with Crippen molar-refractivity contribution in [3.8, 4) is 0 Å². The minimum Gasteiger partial charge on any atom is -0.457 e. The van der Waals surface area contributed by atoms with Gasteiger partial charge in [-0.1, -0.05) is 6.42 Å². The van der Waals surface area contributed by atoms with E-state index in [9.17, 15) is 9.59 Å². The quantitative estimate of drug-likeness (QED) is 0.469. The summed E-state index contributed by atoms with van der Waals surface area (Å²) < 4.78 is 5.42. The fourth-order valence-electron chi connectivity index (χ4n) is 7.54. The van der Waals surface area contributed by atoms with Crippen molar-refractivity contribution < 1.29 is 14.3 Å². The number of nitrogen functional groups attached to an aromatic ring is 1. The number of anilines is 1. The van der Waals surface area contributed by atoms with Gasteiger partial charge in [-0.2, -0.15) is 0 Å². The fraction of sp³-hybridized carbons (Fsp3) is 0.692. The Hall–Kier alpha value is -2.22. The third-order valence-corrected chi connectivity index (χ3v) is 9.82. The Morgan fingerprint density at radius 3 is 2.47 bits per heavy atom. The Labute approximate surface area is 204 Å². The maximum atomic E-state index is 13.0. The second-order valence-electron chi connectivity index (χ2n) is 11.1. The van der Waals surface area contributed by atoms with Crippen LogP contribution in [0.15, 0.2) is 0 Å². The Kier molecular flexibility index (Phi) is 5.74. The van der Waals surface area contributed by atoms with E-state index in [1.165, 1.54) is 49.0 Å². The summed E-state index contributed by atoms with van der Waals surface area (Å²) >= 11 is 1.70. The normalized spacial score (nSPS) is 29.6.